The van der Waals surface area contributed by atoms with E-state index in [2.05, 4.69) is 20.9 Å². The van der Waals surface area contributed by atoms with Crippen LogP contribution in [0.1, 0.15) is 0 Å². The first-order valence-corrected chi connectivity index (χ1v) is 9.45. The second-order valence-electron chi connectivity index (χ2n) is 4.48. The fraction of sp³-hybridized carbons (Fsp3) is 0.167. The lowest BCUT2D eigenvalue weighted by Gasteiger charge is -2.10. The maximum absolute atomic E-state index is 12.9. The molecule has 13 heteroatoms. The highest BCUT2D eigenvalue weighted by Gasteiger charge is 2.50. The van der Waals surface area contributed by atoms with E-state index in [1.54, 1.807) is 0 Å². The molecule has 0 spiro atoms. The zero-order chi connectivity index (χ0) is 19.2. The van der Waals surface area contributed by atoms with Crippen LogP contribution in [0, 0.1) is 0 Å². The molecule has 0 atom stereocenters. The van der Waals surface area contributed by atoms with Crippen molar-refractivity contribution in [2.75, 3.05) is 0 Å². The van der Waals surface area contributed by atoms with Gasteiger partial charge in [-0.2, -0.15) is 26.3 Å². The minimum atomic E-state index is -5.92. The molecule has 0 aliphatic carbocycles. The normalized spacial score (nSPS) is 13.3. The summed E-state index contributed by atoms with van der Waals surface area (Å²) in [6.07, 6.45) is 0. The molecular weight excluding hydrogens is 484 g/mol. The van der Waals surface area contributed by atoms with Crippen molar-refractivity contribution in [2.24, 2.45) is 0 Å². The maximum Gasteiger partial charge on any atom is 0.502 e. The largest absolute Gasteiger partial charge is 0.502 e. The van der Waals surface area contributed by atoms with Gasteiger partial charge in [0.05, 0.1) is 15.2 Å². The smallest absolute Gasteiger partial charge is 0.347 e. The Balaban J connectivity index is 2.77. The van der Waals surface area contributed by atoms with Crippen molar-refractivity contribution >= 4 is 49.1 Å². The SMILES string of the molecule is O=S(=O)(c1c(-c2ccc(Cl)cc2)[nH]c(SC(F)(F)F)c1Br)C(F)(F)F. The Morgan fingerprint density at radius 2 is 1.56 bits per heavy atom. The number of hydrogen-bond acceptors (Lipinski definition) is 3. The molecule has 0 saturated heterocycles. The monoisotopic (exact) mass is 487 g/mol. The van der Waals surface area contributed by atoms with Crippen LogP contribution in [0.15, 0.2) is 38.7 Å². The lowest BCUT2D eigenvalue weighted by atomic mass is 10.2. The molecule has 3 nitrogen and oxygen atoms in total. The third kappa shape index (κ3) is 4.29. The number of sulfone groups is 1. The Labute approximate surface area is 154 Å². The van der Waals surface area contributed by atoms with Crippen molar-refractivity contribution in [3.05, 3.63) is 33.8 Å². The second-order valence-corrected chi connectivity index (χ2v) is 8.66. The number of nitrogens with one attached hydrogen (secondary N) is 1. The zero-order valence-corrected chi connectivity index (χ0v) is 15.4. The first-order valence-electron chi connectivity index (χ1n) is 5.98. The summed E-state index contributed by atoms with van der Waals surface area (Å²) in [5, 5.41) is -0.611. The number of hydrogen-bond donors (Lipinski definition) is 1. The van der Waals surface area contributed by atoms with E-state index in [0.717, 1.165) is 0 Å². The van der Waals surface area contributed by atoms with E-state index >= 15 is 0 Å². The van der Waals surface area contributed by atoms with Gasteiger partial charge in [-0.15, -0.1) is 0 Å². The van der Waals surface area contributed by atoms with Crippen LogP contribution in [-0.4, -0.2) is 24.4 Å². The third-order valence-corrected chi connectivity index (χ3v) is 6.66. The van der Waals surface area contributed by atoms with E-state index < -0.39 is 52.7 Å². The van der Waals surface area contributed by atoms with Crippen molar-refractivity contribution in [1.29, 1.82) is 0 Å². The van der Waals surface area contributed by atoms with Crippen LogP contribution in [0.4, 0.5) is 26.3 Å². The molecule has 25 heavy (non-hydrogen) atoms. The Hall–Kier alpha value is -0.850. The summed E-state index contributed by atoms with van der Waals surface area (Å²) in [7, 11) is -5.92. The van der Waals surface area contributed by atoms with E-state index in [4.69, 9.17) is 11.6 Å². The summed E-state index contributed by atoms with van der Waals surface area (Å²) in [6, 6.07) is 4.87. The molecular formula is C12H5BrClF6NO2S2. The summed E-state index contributed by atoms with van der Waals surface area (Å²) >= 11 is 7.42. The molecule has 1 aromatic carbocycles. The number of H-pyrrole nitrogens is 1. The average molecular weight is 489 g/mol. The minimum absolute atomic E-state index is 0.0815. The summed E-state index contributed by atoms with van der Waals surface area (Å²) in [5.74, 6) is 0. The van der Waals surface area contributed by atoms with Gasteiger partial charge in [0, 0.05) is 16.8 Å². The lowest BCUT2D eigenvalue weighted by Crippen LogP contribution is -2.23. The number of halogens is 8. The highest BCUT2D eigenvalue weighted by Crippen LogP contribution is 2.48. The van der Waals surface area contributed by atoms with Crippen LogP contribution in [0.5, 0.6) is 0 Å². The maximum atomic E-state index is 12.9. The average Bonchev–Trinajstić information content (AvgIpc) is 2.74. The molecule has 0 fully saturated rings. The van der Waals surface area contributed by atoms with Gasteiger partial charge in [0.2, 0.25) is 0 Å². The van der Waals surface area contributed by atoms with Gasteiger partial charge >= 0.3 is 11.0 Å². The lowest BCUT2D eigenvalue weighted by molar-refractivity contribution is -0.0436. The number of thioether (sulfide) groups is 1. The van der Waals surface area contributed by atoms with Crippen LogP contribution in [0.3, 0.4) is 0 Å². The van der Waals surface area contributed by atoms with Crippen LogP contribution in [0.2, 0.25) is 5.02 Å². The van der Waals surface area contributed by atoms with Gasteiger partial charge in [-0.1, -0.05) is 23.7 Å². The quantitative estimate of drug-likeness (QED) is 0.426. The summed E-state index contributed by atoms with van der Waals surface area (Å²) in [6.45, 7) is 0. The Bertz CT molecular complexity index is 890. The summed E-state index contributed by atoms with van der Waals surface area (Å²) in [4.78, 5) is 0.769. The molecule has 0 amide bonds. The molecule has 1 N–H and O–H groups in total. The molecule has 0 bridgehead atoms. The number of aromatic amines is 1. The van der Waals surface area contributed by atoms with Gasteiger partial charge < -0.3 is 4.98 Å². The van der Waals surface area contributed by atoms with E-state index in [9.17, 15) is 34.8 Å². The molecule has 1 aromatic heterocycles. The fourth-order valence-corrected chi connectivity index (χ4v) is 4.77. The second kappa shape index (κ2) is 6.71. The molecule has 0 saturated carbocycles. The molecule has 0 unspecified atom stereocenters. The Kier molecular flexibility index (Phi) is 5.49. The molecule has 138 valence electrons. The third-order valence-electron chi connectivity index (χ3n) is 2.79. The Morgan fingerprint density at radius 3 is 2.00 bits per heavy atom. The van der Waals surface area contributed by atoms with E-state index in [-0.39, 0.29) is 10.6 Å². The highest BCUT2D eigenvalue weighted by molar-refractivity contribution is 9.10. The summed E-state index contributed by atoms with van der Waals surface area (Å²) < 4.78 is 99.3. The number of benzene rings is 1. The van der Waals surface area contributed by atoms with Gasteiger partial charge in [0.15, 0.2) is 0 Å². The molecule has 2 rings (SSSR count). The number of aromatic nitrogens is 1. The van der Waals surface area contributed by atoms with Crippen molar-refractivity contribution in [3.63, 3.8) is 0 Å². The van der Waals surface area contributed by atoms with Crippen molar-refractivity contribution in [3.8, 4) is 11.3 Å². The van der Waals surface area contributed by atoms with Crippen LogP contribution in [-0.2, 0) is 9.84 Å². The van der Waals surface area contributed by atoms with Crippen LogP contribution in [0.25, 0.3) is 11.3 Å². The summed E-state index contributed by atoms with van der Waals surface area (Å²) in [5.41, 5.74) is -11.3. The minimum Gasteiger partial charge on any atom is -0.347 e. The highest BCUT2D eigenvalue weighted by atomic mass is 79.9. The van der Waals surface area contributed by atoms with Crippen molar-refractivity contribution in [1.82, 2.24) is 4.98 Å². The topological polar surface area (TPSA) is 49.9 Å². The van der Waals surface area contributed by atoms with Gasteiger partial charge in [-0.25, -0.2) is 8.42 Å². The zero-order valence-electron chi connectivity index (χ0n) is 11.5. The van der Waals surface area contributed by atoms with Gasteiger partial charge in [0.1, 0.15) is 4.90 Å². The number of alkyl halides is 6. The molecule has 2 aromatic rings. The first-order chi connectivity index (χ1) is 11.2. The first kappa shape index (κ1) is 20.5. The van der Waals surface area contributed by atoms with E-state index in [1.165, 1.54) is 24.3 Å². The van der Waals surface area contributed by atoms with E-state index in [1.807, 2.05) is 0 Å². The van der Waals surface area contributed by atoms with Crippen LogP contribution < -0.4 is 0 Å². The molecule has 0 aliphatic rings. The van der Waals surface area contributed by atoms with Gasteiger partial charge in [0.25, 0.3) is 9.84 Å². The number of rotatable bonds is 3. The molecule has 1 heterocycles. The predicted molar refractivity (Wildman–Crippen MR) is 84.1 cm³/mol. The molecule has 0 radical (unpaired) electrons. The fourth-order valence-electron chi connectivity index (χ4n) is 1.81. The van der Waals surface area contributed by atoms with Gasteiger partial charge in [-0.05, 0) is 33.6 Å². The van der Waals surface area contributed by atoms with Crippen molar-refractivity contribution < 1.29 is 34.8 Å². The van der Waals surface area contributed by atoms with Crippen molar-refractivity contribution in [2.45, 2.75) is 20.9 Å². The predicted octanol–water partition coefficient (Wildman–Crippen LogP) is 6.00. The van der Waals surface area contributed by atoms with E-state index in [0.29, 0.717) is 0 Å². The molecule has 0 aliphatic heterocycles. The standard InChI is InChI=1S/C12H5BrClF6NO2S2/c13-7-9(25(22,23)12(18,19)20)8(5-1-3-6(14)4-2-5)21-10(7)24-11(15,16)17/h1-4,21H. The van der Waals surface area contributed by atoms with Gasteiger partial charge in [-0.3, -0.25) is 0 Å². The van der Waals surface area contributed by atoms with Crippen LogP contribution >= 0.6 is 39.3 Å². The Morgan fingerprint density at radius 1 is 1.04 bits per heavy atom.